The molecule has 0 aromatic heterocycles. The fourth-order valence-corrected chi connectivity index (χ4v) is 5.22. The summed E-state index contributed by atoms with van der Waals surface area (Å²) in [6, 6.07) is 6.17. The van der Waals surface area contributed by atoms with Crippen LogP contribution in [-0.4, -0.2) is 36.9 Å². The molecule has 0 radical (unpaired) electrons. The van der Waals surface area contributed by atoms with Gasteiger partial charge in [-0.05, 0) is 25.0 Å². The van der Waals surface area contributed by atoms with Crippen LogP contribution >= 0.6 is 0 Å². The molecule has 1 aromatic carbocycles. The van der Waals surface area contributed by atoms with E-state index in [0.717, 1.165) is 0 Å². The smallest absolute Gasteiger partial charge is 0.293 e. The van der Waals surface area contributed by atoms with Crippen LogP contribution in [0.1, 0.15) is 32.3 Å². The summed E-state index contributed by atoms with van der Waals surface area (Å²) in [6.07, 6.45) is 0.929. The van der Waals surface area contributed by atoms with Gasteiger partial charge < -0.3 is 4.90 Å². The summed E-state index contributed by atoms with van der Waals surface area (Å²) in [5, 5.41) is 20.2. The second-order valence-corrected chi connectivity index (χ2v) is 8.21. The predicted octanol–water partition coefficient (Wildman–Crippen LogP) is 2.26. The molecule has 1 fully saturated rings. The van der Waals surface area contributed by atoms with E-state index in [4.69, 9.17) is 5.26 Å². The molecule has 0 spiro atoms. The van der Waals surface area contributed by atoms with E-state index in [9.17, 15) is 18.5 Å². The molecular formula is C15H19N3O4S. The maximum Gasteiger partial charge on any atom is 0.293 e. The van der Waals surface area contributed by atoms with Crippen LogP contribution in [0, 0.1) is 21.4 Å². The third-order valence-corrected chi connectivity index (χ3v) is 7.45. The van der Waals surface area contributed by atoms with Crippen LogP contribution in [-0.2, 0) is 9.84 Å². The summed E-state index contributed by atoms with van der Waals surface area (Å²) in [5.74, 6) is -0.0220. The number of sulfone groups is 1. The van der Waals surface area contributed by atoms with Gasteiger partial charge in [0.15, 0.2) is 9.84 Å². The Kier molecular flexibility index (Phi) is 4.61. The van der Waals surface area contributed by atoms with Crippen molar-refractivity contribution in [1.29, 1.82) is 5.26 Å². The van der Waals surface area contributed by atoms with Crippen molar-refractivity contribution in [2.24, 2.45) is 0 Å². The molecule has 0 aliphatic carbocycles. The van der Waals surface area contributed by atoms with Crippen LogP contribution in [0.5, 0.6) is 0 Å². The Bertz CT molecular complexity index is 763. The molecule has 0 amide bonds. The van der Waals surface area contributed by atoms with Gasteiger partial charge in [0.25, 0.3) is 5.69 Å². The lowest BCUT2D eigenvalue weighted by Gasteiger charge is -2.42. The number of rotatable bonds is 4. The average Bonchev–Trinajstić information content (AvgIpc) is 2.54. The minimum atomic E-state index is -3.24. The molecular weight excluding hydrogens is 318 g/mol. The Morgan fingerprint density at radius 2 is 2.04 bits per heavy atom. The topological polar surface area (TPSA) is 104 Å². The minimum Gasteiger partial charge on any atom is -0.363 e. The highest BCUT2D eigenvalue weighted by atomic mass is 32.2. The zero-order chi connectivity index (χ0) is 17.3. The summed E-state index contributed by atoms with van der Waals surface area (Å²) < 4.78 is 24.0. The molecule has 0 saturated carbocycles. The number of nitro benzene ring substituents is 1. The van der Waals surface area contributed by atoms with Gasteiger partial charge in [0.2, 0.25) is 0 Å². The Balaban J connectivity index is 2.48. The third kappa shape index (κ3) is 2.88. The monoisotopic (exact) mass is 337 g/mol. The molecule has 7 nitrogen and oxygen atoms in total. The van der Waals surface area contributed by atoms with Gasteiger partial charge in [-0.25, -0.2) is 8.42 Å². The summed E-state index contributed by atoms with van der Waals surface area (Å²) >= 11 is 0. The van der Waals surface area contributed by atoms with E-state index in [-0.39, 0.29) is 30.1 Å². The number of nitrogens with zero attached hydrogens (tertiary/aromatic N) is 3. The van der Waals surface area contributed by atoms with Gasteiger partial charge in [0.1, 0.15) is 5.69 Å². The molecule has 1 saturated heterocycles. The maximum absolute atomic E-state index is 12.5. The van der Waals surface area contributed by atoms with Crippen molar-refractivity contribution in [3.05, 3.63) is 33.9 Å². The van der Waals surface area contributed by atoms with E-state index in [1.807, 2.05) is 19.9 Å². The van der Waals surface area contributed by atoms with Gasteiger partial charge in [0, 0.05) is 19.2 Å². The number of benzene rings is 1. The molecule has 0 unspecified atom stereocenters. The van der Waals surface area contributed by atoms with Crippen LogP contribution in [0.15, 0.2) is 18.2 Å². The van der Waals surface area contributed by atoms with Crippen LogP contribution < -0.4 is 4.90 Å². The van der Waals surface area contributed by atoms with Gasteiger partial charge in [-0.3, -0.25) is 10.1 Å². The van der Waals surface area contributed by atoms with Crippen LogP contribution in [0.2, 0.25) is 0 Å². The molecule has 23 heavy (non-hydrogen) atoms. The first-order valence-electron chi connectivity index (χ1n) is 7.46. The lowest BCUT2D eigenvalue weighted by molar-refractivity contribution is -0.384. The van der Waals surface area contributed by atoms with Crippen molar-refractivity contribution in [2.45, 2.75) is 31.4 Å². The van der Waals surface area contributed by atoms with Crippen molar-refractivity contribution in [1.82, 2.24) is 0 Å². The third-order valence-electron chi connectivity index (χ3n) is 4.70. The largest absolute Gasteiger partial charge is 0.363 e. The second-order valence-electron chi connectivity index (χ2n) is 5.70. The Morgan fingerprint density at radius 3 is 2.57 bits per heavy atom. The van der Waals surface area contributed by atoms with E-state index in [2.05, 4.69) is 0 Å². The first-order chi connectivity index (χ1) is 10.8. The van der Waals surface area contributed by atoms with E-state index < -0.39 is 19.5 Å². The predicted molar refractivity (Wildman–Crippen MR) is 87.1 cm³/mol. The molecule has 124 valence electrons. The Labute approximate surface area is 135 Å². The fraction of sp³-hybridized carbons (Fsp3) is 0.533. The standard InChI is InChI=1S/C15H19N3O4S/c1-3-15(4-2)11-17(7-8-23(15,21)22)13-6-5-12(10-16)9-14(13)18(19)20/h5-6,9H,3-4,7-8,11H2,1-2H3. The number of hydrogen-bond donors (Lipinski definition) is 0. The number of hydrogen-bond acceptors (Lipinski definition) is 6. The van der Waals surface area contributed by atoms with Crippen LogP contribution in [0.3, 0.4) is 0 Å². The normalized spacial score (nSPS) is 19.1. The highest BCUT2D eigenvalue weighted by Gasteiger charge is 2.46. The van der Waals surface area contributed by atoms with Crippen LogP contribution in [0.25, 0.3) is 0 Å². The molecule has 2 rings (SSSR count). The molecule has 1 aliphatic heterocycles. The maximum atomic E-state index is 12.5. The van der Waals surface area contributed by atoms with Gasteiger partial charge in [-0.2, -0.15) is 5.26 Å². The molecule has 8 heteroatoms. The molecule has 1 heterocycles. The summed E-state index contributed by atoms with van der Waals surface area (Å²) in [5.41, 5.74) is 0.418. The van der Waals surface area contributed by atoms with Crippen molar-refractivity contribution in [2.75, 3.05) is 23.7 Å². The summed E-state index contributed by atoms with van der Waals surface area (Å²) in [7, 11) is -3.24. The Morgan fingerprint density at radius 1 is 1.39 bits per heavy atom. The first kappa shape index (κ1) is 17.2. The summed E-state index contributed by atoms with van der Waals surface area (Å²) in [4.78, 5) is 12.5. The van der Waals surface area contributed by atoms with Gasteiger partial charge in [0.05, 0.1) is 27.1 Å². The molecule has 0 atom stereocenters. The minimum absolute atomic E-state index is 0.0220. The van der Waals surface area contributed by atoms with Gasteiger partial charge in [-0.1, -0.05) is 13.8 Å². The molecule has 1 aromatic rings. The van der Waals surface area contributed by atoms with E-state index in [0.29, 0.717) is 18.5 Å². The number of anilines is 1. The van der Waals surface area contributed by atoms with Crippen molar-refractivity contribution in [3.8, 4) is 6.07 Å². The van der Waals surface area contributed by atoms with E-state index >= 15 is 0 Å². The fourth-order valence-electron chi connectivity index (χ4n) is 3.10. The number of nitro groups is 1. The Hall–Kier alpha value is -2.14. The van der Waals surface area contributed by atoms with Gasteiger partial charge >= 0.3 is 0 Å². The lowest BCUT2D eigenvalue weighted by atomic mass is 10.0. The van der Waals surface area contributed by atoms with Crippen LogP contribution in [0.4, 0.5) is 11.4 Å². The van der Waals surface area contributed by atoms with Crippen molar-refractivity contribution < 1.29 is 13.3 Å². The van der Waals surface area contributed by atoms with Crippen molar-refractivity contribution >= 4 is 21.2 Å². The van der Waals surface area contributed by atoms with Gasteiger partial charge in [-0.15, -0.1) is 0 Å². The lowest BCUT2D eigenvalue weighted by Crippen LogP contribution is -2.56. The zero-order valence-electron chi connectivity index (χ0n) is 13.2. The van der Waals surface area contributed by atoms with Crippen molar-refractivity contribution in [3.63, 3.8) is 0 Å². The molecule has 0 bridgehead atoms. The first-order valence-corrected chi connectivity index (χ1v) is 9.11. The average molecular weight is 337 g/mol. The molecule has 0 N–H and O–H groups in total. The second kappa shape index (κ2) is 6.16. The van der Waals surface area contributed by atoms with E-state index in [1.54, 1.807) is 4.90 Å². The highest BCUT2D eigenvalue weighted by Crippen LogP contribution is 2.37. The number of nitriles is 1. The highest BCUT2D eigenvalue weighted by molar-refractivity contribution is 7.92. The SMILES string of the molecule is CCC1(CC)CN(c2ccc(C#N)cc2[N+](=O)[O-])CCS1(=O)=O. The molecule has 1 aliphatic rings. The zero-order valence-corrected chi connectivity index (χ0v) is 14.0. The quantitative estimate of drug-likeness (QED) is 0.616. The summed E-state index contributed by atoms with van der Waals surface area (Å²) in [6.45, 7) is 4.11. The van der Waals surface area contributed by atoms with E-state index in [1.165, 1.54) is 18.2 Å².